The first kappa shape index (κ1) is 13.3. The Bertz CT molecular complexity index is 681. The van der Waals surface area contributed by atoms with Gasteiger partial charge >= 0.3 is 0 Å². The maximum Gasteiger partial charge on any atom is 0.181 e. The van der Waals surface area contributed by atoms with Crippen LogP contribution in [-0.4, -0.2) is 41.1 Å². The highest BCUT2D eigenvalue weighted by Crippen LogP contribution is 2.14. The predicted octanol–water partition coefficient (Wildman–Crippen LogP) is 0.748. The molecule has 0 amide bonds. The minimum absolute atomic E-state index is 0.0188. The van der Waals surface area contributed by atoms with Gasteiger partial charge in [0.05, 0.1) is 18.1 Å². The van der Waals surface area contributed by atoms with E-state index in [4.69, 9.17) is 0 Å². The second kappa shape index (κ2) is 5.34. The molecule has 2 aromatic rings. The topological polar surface area (TPSA) is 87.7 Å². The Balaban J connectivity index is 1.61. The number of sulfone groups is 1. The lowest BCUT2D eigenvalue weighted by Gasteiger charge is -2.07. The molecule has 2 N–H and O–H groups in total. The zero-order chi connectivity index (χ0) is 14.0. The first-order chi connectivity index (χ1) is 9.62. The molecule has 0 spiro atoms. The molecule has 0 aliphatic carbocycles. The van der Waals surface area contributed by atoms with Crippen LogP contribution in [0, 0.1) is 0 Å². The third kappa shape index (κ3) is 3.05. The summed E-state index contributed by atoms with van der Waals surface area (Å²) >= 11 is 0. The molecule has 0 bridgehead atoms. The number of aromatic nitrogens is 3. The van der Waals surface area contributed by atoms with Crippen LogP contribution < -0.4 is 5.32 Å². The molecule has 1 fully saturated rings. The zero-order valence-corrected chi connectivity index (χ0v) is 11.7. The maximum atomic E-state index is 11.4. The lowest BCUT2D eigenvalue weighted by Crippen LogP contribution is -2.29. The van der Waals surface area contributed by atoms with Crippen LogP contribution in [0.25, 0.3) is 11.4 Å². The van der Waals surface area contributed by atoms with E-state index in [-0.39, 0.29) is 17.5 Å². The van der Waals surface area contributed by atoms with E-state index in [1.807, 2.05) is 30.3 Å². The highest BCUT2D eigenvalue weighted by Gasteiger charge is 2.27. The average Bonchev–Trinajstić information content (AvgIpc) is 3.04. The van der Waals surface area contributed by atoms with Crippen LogP contribution in [0.2, 0.25) is 0 Å². The van der Waals surface area contributed by atoms with Crippen molar-refractivity contribution in [3.05, 3.63) is 36.2 Å². The SMILES string of the molecule is O=S1(=O)CCC(NCc2nc(-c3ccccc3)n[nH]2)C1. The Morgan fingerprint density at radius 3 is 2.80 bits per heavy atom. The largest absolute Gasteiger partial charge is 0.306 e. The van der Waals surface area contributed by atoms with Crippen LogP contribution in [0.5, 0.6) is 0 Å². The van der Waals surface area contributed by atoms with E-state index >= 15 is 0 Å². The van der Waals surface area contributed by atoms with E-state index in [0.29, 0.717) is 24.6 Å². The maximum absolute atomic E-state index is 11.4. The quantitative estimate of drug-likeness (QED) is 0.868. The van der Waals surface area contributed by atoms with E-state index in [2.05, 4.69) is 20.5 Å². The Morgan fingerprint density at radius 1 is 1.30 bits per heavy atom. The van der Waals surface area contributed by atoms with Gasteiger partial charge in [-0.05, 0) is 6.42 Å². The fraction of sp³-hybridized carbons (Fsp3) is 0.385. The summed E-state index contributed by atoms with van der Waals surface area (Å²) in [5.41, 5.74) is 0.957. The van der Waals surface area contributed by atoms with Crippen molar-refractivity contribution in [3.8, 4) is 11.4 Å². The van der Waals surface area contributed by atoms with Gasteiger partial charge in [0.2, 0.25) is 0 Å². The Kier molecular flexibility index (Phi) is 3.54. The summed E-state index contributed by atoms with van der Waals surface area (Å²) in [5.74, 6) is 1.86. The van der Waals surface area contributed by atoms with Crippen LogP contribution in [-0.2, 0) is 16.4 Å². The number of H-pyrrole nitrogens is 1. The molecule has 1 aliphatic rings. The first-order valence-electron chi connectivity index (χ1n) is 6.53. The molecule has 1 aliphatic heterocycles. The molecule has 1 unspecified atom stereocenters. The number of hydrogen-bond acceptors (Lipinski definition) is 5. The van der Waals surface area contributed by atoms with Gasteiger partial charge in [0.25, 0.3) is 0 Å². The summed E-state index contributed by atoms with van der Waals surface area (Å²) in [6.45, 7) is 0.500. The molecule has 0 saturated carbocycles. The standard InChI is InChI=1S/C13H16N4O2S/c18-20(19)7-6-11(9-20)14-8-12-15-13(17-16-12)10-4-2-1-3-5-10/h1-5,11,14H,6-9H2,(H,15,16,17). The number of nitrogens with zero attached hydrogens (tertiary/aromatic N) is 2. The predicted molar refractivity (Wildman–Crippen MR) is 75.7 cm³/mol. The van der Waals surface area contributed by atoms with Crippen LogP contribution in [0.3, 0.4) is 0 Å². The van der Waals surface area contributed by atoms with Crippen LogP contribution in [0.4, 0.5) is 0 Å². The van der Waals surface area contributed by atoms with Crippen molar-refractivity contribution < 1.29 is 8.42 Å². The smallest absolute Gasteiger partial charge is 0.181 e. The summed E-state index contributed by atoms with van der Waals surface area (Å²) in [7, 11) is -2.85. The normalized spacial score (nSPS) is 21.1. The molecule has 7 heteroatoms. The third-order valence-corrected chi connectivity index (χ3v) is 5.12. The Morgan fingerprint density at radius 2 is 2.10 bits per heavy atom. The van der Waals surface area contributed by atoms with Crippen molar-refractivity contribution in [1.82, 2.24) is 20.5 Å². The van der Waals surface area contributed by atoms with Gasteiger partial charge in [-0.25, -0.2) is 13.4 Å². The molecule has 1 aromatic carbocycles. The molecule has 1 saturated heterocycles. The van der Waals surface area contributed by atoms with E-state index < -0.39 is 9.84 Å². The van der Waals surface area contributed by atoms with Crippen LogP contribution in [0.1, 0.15) is 12.2 Å². The van der Waals surface area contributed by atoms with Crippen molar-refractivity contribution >= 4 is 9.84 Å². The molecule has 6 nitrogen and oxygen atoms in total. The van der Waals surface area contributed by atoms with E-state index in [1.165, 1.54) is 0 Å². The molecule has 106 valence electrons. The van der Waals surface area contributed by atoms with Gasteiger partial charge in [0, 0.05) is 11.6 Å². The molecule has 0 radical (unpaired) electrons. The molecular weight excluding hydrogens is 276 g/mol. The van der Waals surface area contributed by atoms with Gasteiger partial charge in [-0.2, -0.15) is 5.10 Å². The Labute approximate surface area is 117 Å². The zero-order valence-electron chi connectivity index (χ0n) is 10.9. The van der Waals surface area contributed by atoms with Crippen LogP contribution in [0.15, 0.2) is 30.3 Å². The summed E-state index contributed by atoms with van der Waals surface area (Å²) in [6, 6.07) is 9.73. The summed E-state index contributed by atoms with van der Waals surface area (Å²) < 4.78 is 22.7. The van der Waals surface area contributed by atoms with Gasteiger partial charge < -0.3 is 5.32 Å². The number of nitrogens with one attached hydrogen (secondary N) is 2. The summed E-state index contributed by atoms with van der Waals surface area (Å²) in [4.78, 5) is 4.40. The van der Waals surface area contributed by atoms with Crippen molar-refractivity contribution in [2.24, 2.45) is 0 Å². The lowest BCUT2D eigenvalue weighted by molar-refractivity contribution is 0.542. The second-order valence-corrected chi connectivity index (χ2v) is 7.18. The van der Waals surface area contributed by atoms with Gasteiger partial charge in [-0.15, -0.1) is 0 Å². The second-order valence-electron chi connectivity index (χ2n) is 4.95. The summed E-state index contributed by atoms with van der Waals surface area (Å²) in [6.07, 6.45) is 0.669. The van der Waals surface area contributed by atoms with Gasteiger partial charge in [-0.3, -0.25) is 5.10 Å². The van der Waals surface area contributed by atoms with Crippen LogP contribution >= 0.6 is 0 Å². The first-order valence-corrected chi connectivity index (χ1v) is 8.35. The van der Waals surface area contributed by atoms with Crippen molar-refractivity contribution in [3.63, 3.8) is 0 Å². The molecule has 2 heterocycles. The fourth-order valence-electron chi connectivity index (χ4n) is 2.29. The van der Waals surface area contributed by atoms with Gasteiger partial charge in [-0.1, -0.05) is 30.3 Å². The van der Waals surface area contributed by atoms with E-state index in [9.17, 15) is 8.42 Å². The van der Waals surface area contributed by atoms with Crippen molar-refractivity contribution in [2.45, 2.75) is 19.0 Å². The molecule has 1 aromatic heterocycles. The minimum Gasteiger partial charge on any atom is -0.306 e. The van der Waals surface area contributed by atoms with Gasteiger partial charge in [0.1, 0.15) is 5.82 Å². The fourth-order valence-corrected chi connectivity index (χ4v) is 4.00. The number of hydrogen-bond donors (Lipinski definition) is 2. The third-order valence-electron chi connectivity index (χ3n) is 3.35. The van der Waals surface area contributed by atoms with Gasteiger partial charge in [0.15, 0.2) is 15.7 Å². The molecule has 20 heavy (non-hydrogen) atoms. The monoisotopic (exact) mass is 292 g/mol. The van der Waals surface area contributed by atoms with Crippen molar-refractivity contribution in [1.29, 1.82) is 0 Å². The molecular formula is C13H16N4O2S. The number of rotatable bonds is 4. The minimum atomic E-state index is -2.85. The number of aromatic amines is 1. The van der Waals surface area contributed by atoms with E-state index in [0.717, 1.165) is 5.56 Å². The average molecular weight is 292 g/mol. The van der Waals surface area contributed by atoms with Crippen molar-refractivity contribution in [2.75, 3.05) is 11.5 Å². The summed E-state index contributed by atoms with van der Waals surface area (Å²) in [5, 5.41) is 10.2. The Hall–Kier alpha value is -1.73. The lowest BCUT2D eigenvalue weighted by atomic mass is 10.2. The molecule has 1 atom stereocenters. The number of benzene rings is 1. The highest BCUT2D eigenvalue weighted by atomic mass is 32.2. The molecule has 3 rings (SSSR count). The highest BCUT2D eigenvalue weighted by molar-refractivity contribution is 7.91. The van der Waals surface area contributed by atoms with E-state index in [1.54, 1.807) is 0 Å².